The van der Waals surface area contributed by atoms with Gasteiger partial charge < -0.3 is 5.73 Å². The van der Waals surface area contributed by atoms with Crippen LogP contribution in [0.25, 0.3) is 0 Å². The fraction of sp³-hybridized carbons (Fsp3) is 0.643. The predicted octanol–water partition coefficient (Wildman–Crippen LogP) is 2.82. The van der Waals surface area contributed by atoms with E-state index in [1.54, 1.807) is 0 Å². The molecule has 2 N–H and O–H groups in total. The summed E-state index contributed by atoms with van der Waals surface area (Å²) in [5.41, 5.74) is 7.77. The first-order valence-electron chi connectivity index (χ1n) is 6.67. The highest BCUT2D eigenvalue weighted by molar-refractivity contribution is 5.41. The molecular weight excluding hydrogens is 210 g/mol. The van der Waals surface area contributed by atoms with E-state index < -0.39 is 0 Å². The van der Waals surface area contributed by atoms with Gasteiger partial charge in [-0.15, -0.1) is 0 Å². The van der Waals surface area contributed by atoms with Crippen LogP contribution >= 0.6 is 0 Å². The Balaban J connectivity index is 1.95. The maximum absolute atomic E-state index is 5.94. The Morgan fingerprint density at radius 1 is 1.29 bits per heavy atom. The second-order valence-corrected chi connectivity index (χ2v) is 5.10. The van der Waals surface area contributed by atoms with Gasteiger partial charge in [-0.1, -0.05) is 25.7 Å². The lowest BCUT2D eigenvalue weighted by atomic mass is 10.1. The van der Waals surface area contributed by atoms with E-state index in [4.69, 9.17) is 5.73 Å². The molecule has 1 fully saturated rings. The lowest BCUT2D eigenvalue weighted by molar-refractivity contribution is 0.211. The number of anilines is 1. The van der Waals surface area contributed by atoms with Gasteiger partial charge in [0.05, 0.1) is 11.4 Å². The average Bonchev–Trinajstić information content (AvgIpc) is 2.61. The first kappa shape index (κ1) is 12.4. The number of aromatic nitrogens is 1. The van der Waals surface area contributed by atoms with Crippen molar-refractivity contribution < 1.29 is 0 Å². The zero-order chi connectivity index (χ0) is 12.1. The monoisotopic (exact) mass is 233 g/mol. The minimum Gasteiger partial charge on any atom is -0.397 e. The van der Waals surface area contributed by atoms with Gasteiger partial charge in [0.25, 0.3) is 0 Å². The molecule has 2 rings (SSSR count). The van der Waals surface area contributed by atoms with Crippen LogP contribution in [0, 0.1) is 0 Å². The topological polar surface area (TPSA) is 42.2 Å². The van der Waals surface area contributed by atoms with Crippen LogP contribution in [0.5, 0.6) is 0 Å². The Bertz CT molecular complexity index is 343. The highest BCUT2D eigenvalue weighted by Gasteiger charge is 2.17. The van der Waals surface area contributed by atoms with Crippen LogP contribution in [0.2, 0.25) is 0 Å². The Hall–Kier alpha value is -1.09. The van der Waals surface area contributed by atoms with E-state index in [2.05, 4.69) is 16.9 Å². The SMILES string of the molecule is CN(Cc1ncccc1N)C1CCCCCC1. The number of nitrogens with zero attached hydrogens (tertiary/aromatic N) is 2. The Labute approximate surface area is 104 Å². The molecule has 0 radical (unpaired) electrons. The molecule has 0 aromatic carbocycles. The maximum atomic E-state index is 5.94. The normalized spacial score (nSPS) is 18.2. The third kappa shape index (κ3) is 3.43. The molecule has 0 spiro atoms. The summed E-state index contributed by atoms with van der Waals surface area (Å²) >= 11 is 0. The molecule has 1 aromatic rings. The summed E-state index contributed by atoms with van der Waals surface area (Å²) in [6.45, 7) is 0.872. The van der Waals surface area contributed by atoms with E-state index >= 15 is 0 Å². The van der Waals surface area contributed by atoms with Gasteiger partial charge in [-0.05, 0) is 32.0 Å². The van der Waals surface area contributed by atoms with Gasteiger partial charge in [-0.25, -0.2) is 0 Å². The molecule has 0 unspecified atom stereocenters. The van der Waals surface area contributed by atoms with Crippen LogP contribution in [0.1, 0.15) is 44.2 Å². The maximum Gasteiger partial charge on any atom is 0.0772 e. The van der Waals surface area contributed by atoms with Crippen molar-refractivity contribution >= 4 is 5.69 Å². The first-order chi connectivity index (χ1) is 8.27. The highest BCUT2D eigenvalue weighted by atomic mass is 15.1. The lowest BCUT2D eigenvalue weighted by Gasteiger charge is -2.27. The first-order valence-corrected chi connectivity index (χ1v) is 6.67. The number of hydrogen-bond acceptors (Lipinski definition) is 3. The van der Waals surface area contributed by atoms with Crippen LogP contribution in [0.4, 0.5) is 5.69 Å². The van der Waals surface area contributed by atoms with Crippen molar-refractivity contribution in [2.24, 2.45) is 0 Å². The molecule has 0 atom stereocenters. The largest absolute Gasteiger partial charge is 0.397 e. The molecule has 1 aliphatic carbocycles. The second-order valence-electron chi connectivity index (χ2n) is 5.10. The summed E-state index contributed by atoms with van der Waals surface area (Å²) in [5.74, 6) is 0. The van der Waals surface area contributed by atoms with Crippen LogP contribution in [-0.4, -0.2) is 23.0 Å². The lowest BCUT2D eigenvalue weighted by Crippen LogP contribution is -2.31. The molecule has 17 heavy (non-hydrogen) atoms. The molecule has 94 valence electrons. The van der Waals surface area contributed by atoms with Crippen molar-refractivity contribution in [1.82, 2.24) is 9.88 Å². The number of rotatable bonds is 3. The molecule has 1 saturated carbocycles. The number of pyridine rings is 1. The summed E-state index contributed by atoms with van der Waals surface area (Å²) in [7, 11) is 2.20. The third-order valence-corrected chi connectivity index (χ3v) is 3.77. The average molecular weight is 233 g/mol. The van der Waals surface area contributed by atoms with Gasteiger partial charge in [0.15, 0.2) is 0 Å². The van der Waals surface area contributed by atoms with E-state index in [1.807, 2.05) is 18.3 Å². The van der Waals surface area contributed by atoms with Gasteiger partial charge in [-0.3, -0.25) is 9.88 Å². The Morgan fingerprint density at radius 2 is 2.00 bits per heavy atom. The standard InChI is InChI=1S/C14H23N3/c1-17(12-7-4-2-3-5-8-12)11-14-13(15)9-6-10-16-14/h6,9-10,12H,2-5,7-8,11,15H2,1H3. The van der Waals surface area contributed by atoms with Gasteiger partial charge in [0.1, 0.15) is 0 Å². The van der Waals surface area contributed by atoms with E-state index in [-0.39, 0.29) is 0 Å². The molecular formula is C14H23N3. The van der Waals surface area contributed by atoms with Crippen molar-refractivity contribution in [2.75, 3.05) is 12.8 Å². The van der Waals surface area contributed by atoms with E-state index in [1.165, 1.54) is 38.5 Å². The number of hydrogen-bond donors (Lipinski definition) is 1. The third-order valence-electron chi connectivity index (χ3n) is 3.77. The highest BCUT2D eigenvalue weighted by Crippen LogP contribution is 2.22. The zero-order valence-electron chi connectivity index (χ0n) is 10.7. The fourth-order valence-corrected chi connectivity index (χ4v) is 2.65. The minimum atomic E-state index is 0.707. The molecule has 1 aromatic heterocycles. The van der Waals surface area contributed by atoms with Crippen LogP contribution < -0.4 is 5.73 Å². The molecule has 3 heteroatoms. The summed E-state index contributed by atoms with van der Waals surface area (Å²) in [6.07, 6.45) is 10.0. The molecule has 0 bridgehead atoms. The van der Waals surface area contributed by atoms with Crippen molar-refractivity contribution in [2.45, 2.75) is 51.1 Å². The molecule has 0 aliphatic heterocycles. The summed E-state index contributed by atoms with van der Waals surface area (Å²) < 4.78 is 0. The van der Waals surface area contributed by atoms with Crippen LogP contribution in [0.15, 0.2) is 18.3 Å². The van der Waals surface area contributed by atoms with Crippen LogP contribution in [-0.2, 0) is 6.54 Å². The number of nitrogen functional groups attached to an aromatic ring is 1. The summed E-state index contributed by atoms with van der Waals surface area (Å²) in [6, 6.07) is 4.53. The quantitative estimate of drug-likeness (QED) is 0.816. The number of nitrogens with two attached hydrogens (primary N) is 1. The van der Waals surface area contributed by atoms with Crippen molar-refractivity contribution in [3.8, 4) is 0 Å². The van der Waals surface area contributed by atoms with Crippen molar-refractivity contribution in [3.05, 3.63) is 24.0 Å². The molecule has 0 amide bonds. The fourth-order valence-electron chi connectivity index (χ4n) is 2.65. The van der Waals surface area contributed by atoms with Gasteiger partial charge in [-0.2, -0.15) is 0 Å². The van der Waals surface area contributed by atoms with Gasteiger partial charge in [0.2, 0.25) is 0 Å². The molecule has 0 saturated heterocycles. The molecule has 3 nitrogen and oxygen atoms in total. The van der Waals surface area contributed by atoms with E-state index in [9.17, 15) is 0 Å². The molecule has 1 aliphatic rings. The summed E-state index contributed by atoms with van der Waals surface area (Å²) in [4.78, 5) is 6.79. The zero-order valence-corrected chi connectivity index (χ0v) is 10.7. The smallest absolute Gasteiger partial charge is 0.0772 e. The molecule has 1 heterocycles. The Kier molecular flexibility index (Phi) is 4.37. The van der Waals surface area contributed by atoms with Gasteiger partial charge >= 0.3 is 0 Å². The van der Waals surface area contributed by atoms with E-state index in [0.29, 0.717) is 6.04 Å². The van der Waals surface area contributed by atoms with Gasteiger partial charge in [0, 0.05) is 18.8 Å². The Morgan fingerprint density at radius 3 is 2.65 bits per heavy atom. The predicted molar refractivity (Wildman–Crippen MR) is 71.6 cm³/mol. The minimum absolute atomic E-state index is 0.707. The second kappa shape index (κ2) is 6.01. The van der Waals surface area contributed by atoms with Crippen molar-refractivity contribution in [1.29, 1.82) is 0 Å². The van der Waals surface area contributed by atoms with Crippen molar-refractivity contribution in [3.63, 3.8) is 0 Å². The summed E-state index contributed by atoms with van der Waals surface area (Å²) in [5, 5.41) is 0. The van der Waals surface area contributed by atoms with Crippen LogP contribution in [0.3, 0.4) is 0 Å². The van der Waals surface area contributed by atoms with E-state index in [0.717, 1.165) is 17.9 Å².